The van der Waals surface area contributed by atoms with Crippen molar-refractivity contribution in [1.82, 2.24) is 10.3 Å². The summed E-state index contributed by atoms with van der Waals surface area (Å²) in [6, 6.07) is 7.36. The van der Waals surface area contributed by atoms with Crippen LogP contribution in [0.2, 0.25) is 0 Å². The Morgan fingerprint density at radius 3 is 2.63 bits per heavy atom. The van der Waals surface area contributed by atoms with Crippen LogP contribution in [0.5, 0.6) is 0 Å². The van der Waals surface area contributed by atoms with Gasteiger partial charge in [0, 0.05) is 18.1 Å². The minimum atomic E-state index is -0.626. The number of amides is 1. The molecule has 0 aliphatic rings. The molecule has 0 fully saturated rings. The first kappa shape index (κ1) is 13.0. The summed E-state index contributed by atoms with van der Waals surface area (Å²) in [5, 5.41) is 2.73. The van der Waals surface area contributed by atoms with Crippen LogP contribution in [0.3, 0.4) is 0 Å². The topological polar surface area (TPSA) is 68.0 Å². The number of rotatable bonds is 3. The van der Waals surface area contributed by atoms with E-state index < -0.39 is 11.7 Å². The van der Waals surface area contributed by atoms with E-state index in [1.165, 1.54) is 12.1 Å². The number of nitrogen functional groups attached to an aromatic ring is 1. The smallest absolute Gasteiger partial charge is 0.254 e. The normalized spacial score (nSPS) is 11.9. The van der Waals surface area contributed by atoms with Crippen molar-refractivity contribution in [2.24, 2.45) is 0 Å². The lowest BCUT2D eigenvalue weighted by molar-refractivity contribution is 0.0936. The number of hydrogen-bond acceptors (Lipinski definition) is 3. The van der Waals surface area contributed by atoms with Crippen LogP contribution in [0, 0.1) is 5.82 Å². The lowest BCUT2D eigenvalue weighted by Crippen LogP contribution is -2.27. The molecule has 0 unspecified atom stereocenters. The molecular weight excluding hydrogens is 245 g/mol. The van der Waals surface area contributed by atoms with E-state index in [0.717, 1.165) is 11.6 Å². The van der Waals surface area contributed by atoms with Crippen LogP contribution in [0.15, 0.2) is 42.7 Å². The van der Waals surface area contributed by atoms with Gasteiger partial charge in [0.05, 0.1) is 11.6 Å². The van der Waals surface area contributed by atoms with Crippen molar-refractivity contribution < 1.29 is 9.18 Å². The molecule has 2 aromatic rings. The van der Waals surface area contributed by atoms with Gasteiger partial charge in [0.1, 0.15) is 5.82 Å². The van der Waals surface area contributed by atoms with Crippen LogP contribution >= 0.6 is 0 Å². The van der Waals surface area contributed by atoms with Crippen molar-refractivity contribution in [3.05, 3.63) is 59.7 Å². The minimum absolute atomic E-state index is 0.0184. The van der Waals surface area contributed by atoms with E-state index in [-0.39, 0.29) is 17.3 Å². The number of aromatic nitrogens is 1. The van der Waals surface area contributed by atoms with E-state index >= 15 is 0 Å². The Morgan fingerprint density at radius 2 is 2.00 bits per heavy atom. The van der Waals surface area contributed by atoms with E-state index in [1.54, 1.807) is 24.5 Å². The molecule has 1 aromatic heterocycles. The highest BCUT2D eigenvalue weighted by molar-refractivity contribution is 5.95. The Bertz CT molecular complexity index is 586. The van der Waals surface area contributed by atoms with Crippen molar-refractivity contribution in [2.75, 3.05) is 5.73 Å². The third-order valence-corrected chi connectivity index (χ3v) is 2.79. The summed E-state index contributed by atoms with van der Waals surface area (Å²) in [6.07, 6.45) is 3.28. The third-order valence-electron chi connectivity index (χ3n) is 2.79. The number of halogens is 1. The molecule has 0 bridgehead atoms. The molecule has 98 valence electrons. The van der Waals surface area contributed by atoms with Crippen LogP contribution in [0.4, 0.5) is 10.1 Å². The molecule has 1 atom stereocenters. The molecule has 0 saturated heterocycles. The zero-order chi connectivity index (χ0) is 13.8. The van der Waals surface area contributed by atoms with Gasteiger partial charge in [-0.2, -0.15) is 0 Å². The monoisotopic (exact) mass is 259 g/mol. The molecular formula is C14H14FN3O. The summed E-state index contributed by atoms with van der Waals surface area (Å²) in [5.74, 6) is -1.10. The van der Waals surface area contributed by atoms with Gasteiger partial charge in [0.25, 0.3) is 5.91 Å². The number of pyridine rings is 1. The van der Waals surface area contributed by atoms with Crippen molar-refractivity contribution in [3.63, 3.8) is 0 Å². The van der Waals surface area contributed by atoms with Gasteiger partial charge < -0.3 is 11.1 Å². The fourth-order valence-corrected chi connectivity index (χ4v) is 1.73. The van der Waals surface area contributed by atoms with E-state index in [0.29, 0.717) is 0 Å². The molecule has 19 heavy (non-hydrogen) atoms. The van der Waals surface area contributed by atoms with Crippen molar-refractivity contribution in [3.8, 4) is 0 Å². The van der Waals surface area contributed by atoms with E-state index in [1.807, 2.05) is 6.92 Å². The third kappa shape index (κ3) is 3.07. The van der Waals surface area contributed by atoms with Gasteiger partial charge in [-0.1, -0.05) is 0 Å². The first-order valence-electron chi connectivity index (χ1n) is 5.83. The maximum absolute atomic E-state index is 13.6. The van der Waals surface area contributed by atoms with Gasteiger partial charge in [-0.3, -0.25) is 9.78 Å². The van der Waals surface area contributed by atoms with E-state index in [9.17, 15) is 9.18 Å². The highest BCUT2D eigenvalue weighted by Crippen LogP contribution is 2.15. The van der Waals surface area contributed by atoms with Crippen molar-refractivity contribution in [1.29, 1.82) is 0 Å². The largest absolute Gasteiger partial charge is 0.399 e. The Kier molecular flexibility index (Phi) is 3.75. The number of carbonyl (C=O) groups is 1. The number of carbonyl (C=O) groups excluding carboxylic acids is 1. The summed E-state index contributed by atoms with van der Waals surface area (Å²) in [4.78, 5) is 15.9. The van der Waals surface area contributed by atoms with Gasteiger partial charge >= 0.3 is 0 Å². The predicted molar refractivity (Wildman–Crippen MR) is 70.9 cm³/mol. The number of benzene rings is 1. The summed E-state index contributed by atoms with van der Waals surface area (Å²) in [5.41, 5.74) is 6.61. The molecule has 1 aromatic carbocycles. The lowest BCUT2D eigenvalue weighted by atomic mass is 10.1. The molecule has 4 nitrogen and oxygen atoms in total. The molecule has 0 aliphatic carbocycles. The van der Waals surface area contributed by atoms with Crippen LogP contribution in [0.25, 0.3) is 0 Å². The van der Waals surface area contributed by atoms with Gasteiger partial charge in [-0.15, -0.1) is 0 Å². The van der Waals surface area contributed by atoms with E-state index in [2.05, 4.69) is 10.3 Å². The first-order chi connectivity index (χ1) is 9.08. The van der Waals surface area contributed by atoms with Gasteiger partial charge in [-0.25, -0.2) is 4.39 Å². The van der Waals surface area contributed by atoms with Gasteiger partial charge in [0.15, 0.2) is 0 Å². The molecule has 3 N–H and O–H groups in total. The predicted octanol–water partition coefficient (Wildman–Crippen LogP) is 2.29. The Morgan fingerprint density at radius 1 is 1.32 bits per heavy atom. The zero-order valence-corrected chi connectivity index (χ0v) is 10.4. The van der Waals surface area contributed by atoms with Crippen LogP contribution in [0.1, 0.15) is 28.9 Å². The van der Waals surface area contributed by atoms with Gasteiger partial charge in [0.2, 0.25) is 0 Å². The summed E-state index contributed by atoms with van der Waals surface area (Å²) in [6.45, 7) is 1.82. The van der Waals surface area contributed by atoms with Crippen molar-refractivity contribution >= 4 is 11.6 Å². The fourth-order valence-electron chi connectivity index (χ4n) is 1.73. The maximum Gasteiger partial charge on any atom is 0.254 e. The lowest BCUT2D eigenvalue weighted by Gasteiger charge is -2.14. The highest BCUT2D eigenvalue weighted by Gasteiger charge is 2.15. The van der Waals surface area contributed by atoms with Crippen LogP contribution in [-0.4, -0.2) is 10.9 Å². The average Bonchev–Trinajstić information content (AvgIpc) is 2.39. The van der Waals surface area contributed by atoms with Crippen molar-refractivity contribution in [2.45, 2.75) is 13.0 Å². The second kappa shape index (κ2) is 5.48. The fraction of sp³-hybridized carbons (Fsp3) is 0.143. The molecule has 2 rings (SSSR count). The Hall–Kier alpha value is -2.43. The minimum Gasteiger partial charge on any atom is -0.399 e. The number of nitrogens with two attached hydrogens (primary N) is 1. The quantitative estimate of drug-likeness (QED) is 0.831. The SMILES string of the molecule is C[C@H](NC(=O)c1ccc(N)cc1F)c1ccncc1. The molecule has 5 heteroatoms. The number of anilines is 1. The number of nitrogens with zero attached hydrogens (tertiary/aromatic N) is 1. The molecule has 0 saturated carbocycles. The van der Waals surface area contributed by atoms with Crippen LogP contribution in [-0.2, 0) is 0 Å². The maximum atomic E-state index is 13.6. The standard InChI is InChI=1S/C14H14FN3O/c1-9(10-4-6-17-7-5-10)18-14(19)12-3-2-11(16)8-13(12)15/h2-9H,16H2,1H3,(H,18,19)/t9-/m0/s1. The van der Waals surface area contributed by atoms with Crippen LogP contribution < -0.4 is 11.1 Å². The molecule has 0 aliphatic heterocycles. The molecule has 0 spiro atoms. The average molecular weight is 259 g/mol. The summed E-state index contributed by atoms with van der Waals surface area (Å²) in [7, 11) is 0. The zero-order valence-electron chi connectivity index (χ0n) is 10.4. The number of hydrogen-bond donors (Lipinski definition) is 2. The molecule has 1 amide bonds. The van der Waals surface area contributed by atoms with Gasteiger partial charge in [-0.05, 0) is 42.8 Å². The first-order valence-corrected chi connectivity index (χ1v) is 5.83. The summed E-state index contributed by atoms with van der Waals surface area (Å²) < 4.78 is 13.6. The molecule has 1 heterocycles. The summed E-state index contributed by atoms with van der Waals surface area (Å²) >= 11 is 0. The second-order valence-corrected chi connectivity index (χ2v) is 4.21. The Labute approximate surface area is 110 Å². The molecule has 0 radical (unpaired) electrons. The number of nitrogens with one attached hydrogen (secondary N) is 1. The van der Waals surface area contributed by atoms with E-state index in [4.69, 9.17) is 5.73 Å². The Balaban J connectivity index is 2.13. The second-order valence-electron chi connectivity index (χ2n) is 4.21. The highest BCUT2D eigenvalue weighted by atomic mass is 19.1.